The molecule has 1 saturated heterocycles. The van der Waals surface area contributed by atoms with Crippen LogP contribution in [-0.2, 0) is 0 Å². The van der Waals surface area contributed by atoms with Gasteiger partial charge in [0.2, 0.25) is 5.78 Å². The van der Waals surface area contributed by atoms with Gasteiger partial charge in [-0.25, -0.2) is 0 Å². The molecule has 0 atom stereocenters. The first-order valence-electron chi connectivity index (χ1n) is 8.19. The number of primary amides is 1. The van der Waals surface area contributed by atoms with Gasteiger partial charge < -0.3 is 20.4 Å². The number of nitrogens with two attached hydrogens (primary N) is 1. The van der Waals surface area contributed by atoms with E-state index in [0.29, 0.717) is 16.3 Å². The summed E-state index contributed by atoms with van der Waals surface area (Å²) >= 11 is 5.84. The number of nitrogens with zero attached hydrogens (tertiary/aromatic N) is 1. The molecule has 2 heterocycles. The third-order valence-electron chi connectivity index (χ3n) is 4.19. The summed E-state index contributed by atoms with van der Waals surface area (Å²) in [6.45, 7) is 1.17. The number of carbonyl (C=O) groups is 3. The van der Waals surface area contributed by atoms with E-state index in [1.165, 1.54) is 30.5 Å². The largest absolute Gasteiger partial charge is 0.485 e. The Morgan fingerprint density at radius 2 is 1.92 bits per heavy atom. The summed E-state index contributed by atoms with van der Waals surface area (Å²) in [5, 5.41) is 0.341. The van der Waals surface area contributed by atoms with Crippen molar-refractivity contribution in [3.63, 3.8) is 0 Å². The van der Waals surface area contributed by atoms with Crippen molar-refractivity contribution in [1.82, 2.24) is 9.88 Å². The molecular formula is C18H18ClN3O4. The highest BCUT2D eigenvalue weighted by molar-refractivity contribution is 6.31. The molecule has 8 heteroatoms. The summed E-state index contributed by atoms with van der Waals surface area (Å²) in [6.07, 6.45) is 3.47. The van der Waals surface area contributed by atoms with Crippen molar-refractivity contribution in [2.24, 2.45) is 5.73 Å². The van der Waals surface area contributed by atoms with Gasteiger partial charge in [-0.2, -0.15) is 0 Å². The fraction of sp³-hybridized carbons (Fsp3) is 0.278. The van der Waals surface area contributed by atoms with Crippen LogP contribution in [0.25, 0.3) is 0 Å². The van der Waals surface area contributed by atoms with Gasteiger partial charge >= 0.3 is 0 Å². The molecule has 0 aliphatic carbocycles. The van der Waals surface area contributed by atoms with Gasteiger partial charge in [0.25, 0.3) is 11.8 Å². The number of nitrogens with one attached hydrogen (secondary N) is 1. The molecule has 1 aromatic heterocycles. The van der Waals surface area contributed by atoms with Crippen molar-refractivity contribution in [1.29, 1.82) is 0 Å². The van der Waals surface area contributed by atoms with Gasteiger partial charge in [-0.15, -0.1) is 0 Å². The summed E-state index contributed by atoms with van der Waals surface area (Å²) < 4.78 is 5.42. The maximum Gasteiger partial charge on any atom is 0.270 e. The molecule has 0 bridgehead atoms. The highest BCUT2D eigenvalue weighted by Gasteiger charge is 2.22. The molecular weight excluding hydrogens is 358 g/mol. The first-order valence-corrected chi connectivity index (χ1v) is 8.56. The lowest BCUT2D eigenvalue weighted by Crippen LogP contribution is -2.27. The maximum atomic E-state index is 12.3. The number of ketones is 1. The third-order valence-corrected chi connectivity index (χ3v) is 4.43. The van der Waals surface area contributed by atoms with E-state index < -0.39 is 5.91 Å². The Morgan fingerprint density at radius 3 is 2.62 bits per heavy atom. The van der Waals surface area contributed by atoms with E-state index in [0.717, 1.165) is 25.9 Å². The Bertz CT molecular complexity index is 856. The number of rotatable bonds is 6. The average Bonchev–Trinajstić information content (AvgIpc) is 3.31. The second-order valence-electron chi connectivity index (χ2n) is 6.02. The number of carbonyl (C=O) groups excluding carboxylic acids is 3. The fourth-order valence-electron chi connectivity index (χ4n) is 2.82. The molecule has 7 nitrogen and oxygen atoms in total. The second-order valence-corrected chi connectivity index (χ2v) is 6.45. The highest BCUT2D eigenvalue weighted by atomic mass is 35.5. The van der Waals surface area contributed by atoms with Crippen molar-refractivity contribution in [3.8, 4) is 5.75 Å². The minimum atomic E-state index is -0.699. The Morgan fingerprint density at radius 1 is 1.19 bits per heavy atom. The van der Waals surface area contributed by atoms with Gasteiger partial charge in [0.05, 0.1) is 5.56 Å². The standard InChI is InChI=1S/C18H18ClN3O4/c19-12-3-4-16(13(8-12)17(20)24)26-10-15(23)11-7-14(21-9-11)18(25)22-5-1-2-6-22/h3-4,7-9,21H,1-2,5-6,10H2,(H2,20,24). The highest BCUT2D eigenvalue weighted by Crippen LogP contribution is 2.23. The molecule has 1 aliphatic rings. The lowest BCUT2D eigenvalue weighted by molar-refractivity contribution is 0.0787. The summed E-state index contributed by atoms with van der Waals surface area (Å²) in [5.74, 6) is -0.961. The first kappa shape index (κ1) is 18.0. The molecule has 0 spiro atoms. The molecule has 136 valence electrons. The van der Waals surface area contributed by atoms with Crippen molar-refractivity contribution in [3.05, 3.63) is 52.3 Å². The number of Topliss-reactive ketones (excluding diaryl/α,β-unsaturated/α-hetero) is 1. The van der Waals surface area contributed by atoms with Crippen LogP contribution in [0.4, 0.5) is 0 Å². The minimum absolute atomic E-state index is 0.101. The van der Waals surface area contributed by atoms with Crippen LogP contribution in [0.15, 0.2) is 30.5 Å². The van der Waals surface area contributed by atoms with Gasteiger partial charge in [0.15, 0.2) is 6.61 Å². The summed E-state index contributed by atoms with van der Waals surface area (Å²) in [4.78, 5) is 40.7. The molecule has 2 amide bonds. The van der Waals surface area contributed by atoms with Gasteiger partial charge in [0, 0.05) is 29.9 Å². The summed E-state index contributed by atoms with van der Waals surface area (Å²) in [6, 6.07) is 5.92. The second kappa shape index (κ2) is 7.61. The predicted molar refractivity (Wildman–Crippen MR) is 95.7 cm³/mol. The quantitative estimate of drug-likeness (QED) is 0.755. The number of aromatic amines is 1. The topological polar surface area (TPSA) is 105 Å². The van der Waals surface area contributed by atoms with Crippen molar-refractivity contribution >= 4 is 29.2 Å². The predicted octanol–water partition coefficient (Wildman–Crippen LogP) is 2.26. The molecule has 1 aliphatic heterocycles. The molecule has 26 heavy (non-hydrogen) atoms. The van der Waals surface area contributed by atoms with Crippen molar-refractivity contribution in [2.75, 3.05) is 19.7 Å². The number of amides is 2. The van der Waals surface area contributed by atoms with Crippen LogP contribution in [0.1, 0.15) is 44.0 Å². The van der Waals surface area contributed by atoms with Crippen LogP contribution >= 0.6 is 11.6 Å². The van der Waals surface area contributed by atoms with E-state index in [-0.39, 0.29) is 29.6 Å². The number of benzene rings is 1. The molecule has 2 aromatic rings. The lowest BCUT2D eigenvalue weighted by Gasteiger charge is -2.13. The van der Waals surface area contributed by atoms with E-state index in [1.54, 1.807) is 4.90 Å². The first-order chi connectivity index (χ1) is 12.5. The third kappa shape index (κ3) is 3.88. The van der Waals surface area contributed by atoms with Crippen LogP contribution in [0.2, 0.25) is 5.02 Å². The number of halogens is 1. The smallest absolute Gasteiger partial charge is 0.270 e. The molecule has 0 saturated carbocycles. The lowest BCUT2D eigenvalue weighted by atomic mass is 10.2. The van der Waals surface area contributed by atoms with E-state index in [2.05, 4.69) is 4.98 Å². The number of H-pyrrole nitrogens is 1. The molecule has 1 fully saturated rings. The Labute approximate surface area is 155 Å². The number of ether oxygens (including phenoxy) is 1. The van der Waals surface area contributed by atoms with E-state index >= 15 is 0 Å². The van der Waals surface area contributed by atoms with E-state index in [1.807, 2.05) is 0 Å². The van der Waals surface area contributed by atoms with Crippen LogP contribution < -0.4 is 10.5 Å². The minimum Gasteiger partial charge on any atom is -0.485 e. The Balaban J connectivity index is 1.66. The Hall–Kier alpha value is -2.80. The average molecular weight is 376 g/mol. The number of likely N-dealkylation sites (tertiary alicyclic amines) is 1. The zero-order chi connectivity index (χ0) is 18.7. The van der Waals surface area contributed by atoms with E-state index in [4.69, 9.17) is 22.1 Å². The zero-order valence-corrected chi connectivity index (χ0v) is 14.7. The van der Waals surface area contributed by atoms with Crippen LogP contribution in [0, 0.1) is 0 Å². The molecule has 3 rings (SSSR count). The monoisotopic (exact) mass is 375 g/mol. The van der Waals surface area contributed by atoms with Crippen LogP contribution in [0.3, 0.4) is 0 Å². The molecule has 1 aromatic carbocycles. The number of aromatic nitrogens is 1. The van der Waals surface area contributed by atoms with Gasteiger partial charge in [0.1, 0.15) is 11.4 Å². The van der Waals surface area contributed by atoms with Gasteiger partial charge in [-0.05, 0) is 37.1 Å². The maximum absolute atomic E-state index is 12.3. The van der Waals surface area contributed by atoms with Crippen molar-refractivity contribution < 1.29 is 19.1 Å². The number of hydrogen-bond acceptors (Lipinski definition) is 4. The van der Waals surface area contributed by atoms with Gasteiger partial charge in [-0.3, -0.25) is 14.4 Å². The van der Waals surface area contributed by atoms with Crippen LogP contribution in [0.5, 0.6) is 5.75 Å². The summed E-state index contributed by atoms with van der Waals surface area (Å²) in [5.41, 5.74) is 6.10. The summed E-state index contributed by atoms with van der Waals surface area (Å²) in [7, 11) is 0. The van der Waals surface area contributed by atoms with E-state index in [9.17, 15) is 14.4 Å². The fourth-order valence-corrected chi connectivity index (χ4v) is 2.99. The molecule has 3 N–H and O–H groups in total. The van der Waals surface area contributed by atoms with Gasteiger partial charge in [-0.1, -0.05) is 11.6 Å². The normalized spacial score (nSPS) is 13.7. The van der Waals surface area contributed by atoms with Crippen LogP contribution in [-0.4, -0.2) is 47.2 Å². The number of hydrogen-bond donors (Lipinski definition) is 2. The zero-order valence-electron chi connectivity index (χ0n) is 14.0. The molecule has 0 radical (unpaired) electrons. The molecule has 0 unspecified atom stereocenters. The van der Waals surface area contributed by atoms with Crippen molar-refractivity contribution in [2.45, 2.75) is 12.8 Å². The Kier molecular flexibility index (Phi) is 5.27. The SMILES string of the molecule is NC(=O)c1cc(Cl)ccc1OCC(=O)c1c[nH]c(C(=O)N2CCCC2)c1.